The van der Waals surface area contributed by atoms with Crippen molar-refractivity contribution in [3.8, 4) is 17.6 Å². The van der Waals surface area contributed by atoms with Crippen molar-refractivity contribution < 1.29 is 14.2 Å². The van der Waals surface area contributed by atoms with Crippen LogP contribution in [0.2, 0.25) is 0 Å². The molecule has 0 fully saturated rings. The highest BCUT2D eigenvalue weighted by atomic mass is 19.1. The molecule has 1 aromatic heterocycles. The van der Waals surface area contributed by atoms with Crippen molar-refractivity contribution in [1.29, 1.82) is 0 Å². The first kappa shape index (κ1) is 15.1. The Bertz CT molecular complexity index is 656. The van der Waals surface area contributed by atoms with Crippen molar-refractivity contribution in [3.63, 3.8) is 0 Å². The largest absolute Gasteiger partial charge is 0.492 e. The molecule has 4 nitrogen and oxygen atoms in total. The highest BCUT2D eigenvalue weighted by molar-refractivity contribution is 5.46. The van der Waals surface area contributed by atoms with E-state index < -0.39 is 0 Å². The molecule has 0 aliphatic heterocycles. The predicted octanol–water partition coefficient (Wildman–Crippen LogP) is 1.91. The number of aryl methyl sites for hydroxylation is 1. The number of rotatable bonds is 5. The number of ether oxygens (including phenoxy) is 1. The molecule has 5 heteroatoms. The van der Waals surface area contributed by atoms with Crippen LogP contribution in [0.25, 0.3) is 0 Å². The number of halogens is 1. The van der Waals surface area contributed by atoms with Gasteiger partial charge in [0.05, 0.1) is 25.0 Å². The van der Waals surface area contributed by atoms with E-state index in [9.17, 15) is 4.39 Å². The van der Waals surface area contributed by atoms with Crippen molar-refractivity contribution in [2.45, 2.75) is 12.8 Å². The molecule has 0 aliphatic rings. The molecule has 1 N–H and O–H groups in total. The number of hydrogen-bond acceptors (Lipinski definition) is 3. The first-order valence-electron chi connectivity index (χ1n) is 6.68. The normalized spacial score (nSPS) is 10.0. The minimum absolute atomic E-state index is 0.00535. The van der Waals surface area contributed by atoms with Crippen molar-refractivity contribution in [1.82, 2.24) is 9.78 Å². The summed E-state index contributed by atoms with van der Waals surface area (Å²) in [5.74, 6) is 5.74. The molecular formula is C16H17FN2O2. The fourth-order valence-electron chi connectivity index (χ4n) is 1.81. The SMILES string of the molecule is Cn1cc(CCOc2cc(F)ccc2C#CCCO)cn1. The van der Waals surface area contributed by atoms with Crippen LogP contribution in [-0.4, -0.2) is 28.1 Å². The maximum absolute atomic E-state index is 13.3. The summed E-state index contributed by atoms with van der Waals surface area (Å²) in [4.78, 5) is 0. The minimum atomic E-state index is -0.362. The van der Waals surface area contributed by atoms with Gasteiger partial charge in [-0.3, -0.25) is 4.68 Å². The zero-order valence-electron chi connectivity index (χ0n) is 11.8. The first-order chi connectivity index (χ1) is 10.2. The highest BCUT2D eigenvalue weighted by Gasteiger charge is 2.04. The molecule has 0 atom stereocenters. The Morgan fingerprint density at radius 2 is 2.29 bits per heavy atom. The Balaban J connectivity index is 2.01. The molecule has 21 heavy (non-hydrogen) atoms. The van der Waals surface area contributed by atoms with Crippen LogP contribution in [0.5, 0.6) is 5.75 Å². The lowest BCUT2D eigenvalue weighted by atomic mass is 10.2. The quantitative estimate of drug-likeness (QED) is 0.855. The molecular weight excluding hydrogens is 271 g/mol. The summed E-state index contributed by atoms with van der Waals surface area (Å²) in [7, 11) is 1.85. The molecule has 0 saturated carbocycles. The summed E-state index contributed by atoms with van der Waals surface area (Å²) < 4.78 is 20.7. The van der Waals surface area contributed by atoms with Crippen LogP contribution in [0, 0.1) is 17.7 Å². The third-order valence-electron chi connectivity index (χ3n) is 2.81. The van der Waals surface area contributed by atoms with Crippen molar-refractivity contribution >= 4 is 0 Å². The number of benzene rings is 1. The Morgan fingerprint density at radius 1 is 1.43 bits per heavy atom. The van der Waals surface area contributed by atoms with E-state index >= 15 is 0 Å². The van der Waals surface area contributed by atoms with Gasteiger partial charge in [0, 0.05) is 32.2 Å². The maximum atomic E-state index is 13.3. The maximum Gasteiger partial charge on any atom is 0.137 e. The van der Waals surface area contributed by atoms with Crippen LogP contribution in [-0.2, 0) is 13.5 Å². The topological polar surface area (TPSA) is 47.3 Å². The number of aromatic nitrogens is 2. The van der Waals surface area contributed by atoms with Crippen LogP contribution in [0.4, 0.5) is 4.39 Å². The third-order valence-corrected chi connectivity index (χ3v) is 2.81. The lowest BCUT2D eigenvalue weighted by Crippen LogP contribution is -2.02. The standard InChI is InChI=1S/C16H17FN2O2/c1-19-12-13(11-18-19)7-9-21-16-10-15(17)6-5-14(16)4-2-3-8-20/h5-6,10-12,20H,3,7-9H2,1H3. The van der Waals surface area contributed by atoms with Crippen LogP contribution < -0.4 is 4.74 Å². The summed E-state index contributed by atoms with van der Waals surface area (Å²) in [5.41, 5.74) is 1.68. The van der Waals surface area contributed by atoms with E-state index in [0.29, 0.717) is 30.8 Å². The zero-order chi connectivity index (χ0) is 15.1. The van der Waals surface area contributed by atoms with E-state index in [0.717, 1.165) is 5.56 Å². The van der Waals surface area contributed by atoms with Crippen molar-refractivity contribution in [3.05, 3.63) is 47.5 Å². The average molecular weight is 288 g/mol. The van der Waals surface area contributed by atoms with Gasteiger partial charge in [0.15, 0.2) is 0 Å². The number of aliphatic hydroxyl groups excluding tert-OH is 1. The second-order valence-electron chi connectivity index (χ2n) is 4.54. The Morgan fingerprint density at radius 3 is 3.00 bits per heavy atom. The molecule has 1 aromatic carbocycles. The molecule has 0 unspecified atom stereocenters. The summed E-state index contributed by atoms with van der Waals surface area (Å²) in [6, 6.07) is 4.25. The zero-order valence-corrected chi connectivity index (χ0v) is 11.8. The Labute approximate surface area is 123 Å². The molecule has 0 saturated heterocycles. The predicted molar refractivity (Wildman–Crippen MR) is 77.4 cm³/mol. The van der Waals surface area contributed by atoms with Gasteiger partial charge in [-0.25, -0.2) is 4.39 Å². The van der Waals surface area contributed by atoms with Gasteiger partial charge in [-0.2, -0.15) is 5.10 Å². The smallest absolute Gasteiger partial charge is 0.137 e. The second-order valence-corrected chi connectivity index (χ2v) is 4.54. The van der Waals surface area contributed by atoms with Crippen LogP contribution in [0.3, 0.4) is 0 Å². The van der Waals surface area contributed by atoms with Gasteiger partial charge >= 0.3 is 0 Å². The van der Waals surface area contributed by atoms with Gasteiger partial charge in [-0.1, -0.05) is 11.8 Å². The molecule has 1 heterocycles. The van der Waals surface area contributed by atoms with E-state index in [2.05, 4.69) is 16.9 Å². The van der Waals surface area contributed by atoms with E-state index in [4.69, 9.17) is 9.84 Å². The molecule has 0 radical (unpaired) electrons. The highest BCUT2D eigenvalue weighted by Crippen LogP contribution is 2.19. The molecule has 0 amide bonds. The molecule has 0 spiro atoms. The van der Waals surface area contributed by atoms with E-state index in [1.165, 1.54) is 12.1 Å². The molecule has 110 valence electrons. The van der Waals surface area contributed by atoms with Crippen molar-refractivity contribution in [2.75, 3.05) is 13.2 Å². The summed E-state index contributed by atoms with van der Waals surface area (Å²) in [6.45, 7) is 0.426. The van der Waals surface area contributed by atoms with Gasteiger partial charge < -0.3 is 9.84 Å². The third kappa shape index (κ3) is 4.62. The second kappa shape index (κ2) is 7.46. The Hall–Kier alpha value is -2.32. The lowest BCUT2D eigenvalue weighted by molar-refractivity contribution is 0.305. The molecule has 0 bridgehead atoms. The first-order valence-corrected chi connectivity index (χ1v) is 6.68. The fraction of sp³-hybridized carbons (Fsp3) is 0.312. The Kier molecular flexibility index (Phi) is 5.35. The van der Waals surface area contributed by atoms with Gasteiger partial charge in [-0.05, 0) is 17.7 Å². The van der Waals surface area contributed by atoms with Crippen molar-refractivity contribution in [2.24, 2.45) is 7.05 Å². The van der Waals surface area contributed by atoms with Crippen LogP contribution in [0.1, 0.15) is 17.5 Å². The average Bonchev–Trinajstić information content (AvgIpc) is 2.87. The van der Waals surface area contributed by atoms with Crippen LogP contribution in [0.15, 0.2) is 30.6 Å². The van der Waals surface area contributed by atoms with E-state index in [1.807, 2.05) is 13.2 Å². The summed E-state index contributed by atoms with van der Waals surface area (Å²) in [6.07, 6.45) is 4.76. The number of aliphatic hydroxyl groups is 1. The van der Waals surface area contributed by atoms with Gasteiger partial charge in [-0.15, -0.1) is 0 Å². The molecule has 2 rings (SSSR count). The van der Waals surface area contributed by atoms with Crippen LogP contribution >= 0.6 is 0 Å². The van der Waals surface area contributed by atoms with E-state index in [1.54, 1.807) is 16.9 Å². The fourth-order valence-corrected chi connectivity index (χ4v) is 1.81. The van der Waals surface area contributed by atoms with E-state index in [-0.39, 0.29) is 12.4 Å². The monoisotopic (exact) mass is 288 g/mol. The lowest BCUT2D eigenvalue weighted by Gasteiger charge is -2.07. The number of nitrogens with zero attached hydrogens (tertiary/aromatic N) is 2. The summed E-state index contributed by atoms with van der Waals surface area (Å²) >= 11 is 0. The molecule has 0 aliphatic carbocycles. The summed E-state index contributed by atoms with van der Waals surface area (Å²) in [5, 5.41) is 12.8. The van der Waals surface area contributed by atoms with Gasteiger partial charge in [0.25, 0.3) is 0 Å². The molecule has 2 aromatic rings. The van der Waals surface area contributed by atoms with Gasteiger partial charge in [0.1, 0.15) is 11.6 Å². The number of hydrogen-bond donors (Lipinski definition) is 1. The minimum Gasteiger partial charge on any atom is -0.492 e. The van der Waals surface area contributed by atoms with Gasteiger partial charge in [0.2, 0.25) is 0 Å².